The maximum Gasteiger partial charge on any atom is 0.238 e. The van der Waals surface area contributed by atoms with Crippen molar-refractivity contribution in [2.24, 2.45) is 11.1 Å². The second-order valence-corrected chi connectivity index (χ2v) is 10.2. The van der Waals surface area contributed by atoms with E-state index < -0.39 is 10.0 Å². The molecule has 0 bridgehead atoms. The van der Waals surface area contributed by atoms with E-state index in [9.17, 15) is 8.42 Å². The van der Waals surface area contributed by atoms with E-state index in [1.165, 1.54) is 5.56 Å². The third-order valence-corrected chi connectivity index (χ3v) is 7.02. The van der Waals surface area contributed by atoms with Gasteiger partial charge >= 0.3 is 0 Å². The minimum atomic E-state index is -3.67. The third kappa shape index (κ3) is 5.99. The fourth-order valence-corrected chi connectivity index (χ4v) is 4.69. The number of likely N-dealkylation sites (tertiary alicyclic amines) is 1. The maximum absolute atomic E-state index is 11.4. The molecule has 0 atom stereocenters. The van der Waals surface area contributed by atoms with Gasteiger partial charge in [-0.25, -0.2) is 13.6 Å². The zero-order chi connectivity index (χ0) is 21.8. The Kier molecular flexibility index (Phi) is 6.83. The van der Waals surface area contributed by atoms with E-state index in [4.69, 9.17) is 16.7 Å². The van der Waals surface area contributed by atoms with Gasteiger partial charge in [0.05, 0.1) is 11.4 Å². The molecule has 2 heterocycles. The minimum absolute atomic E-state index is 0.131. The monoisotopic (exact) mass is 461 g/mol. The molecule has 2 aliphatic rings. The summed E-state index contributed by atoms with van der Waals surface area (Å²) in [7, 11) is -3.67. The van der Waals surface area contributed by atoms with Gasteiger partial charge in [-0.05, 0) is 67.2 Å². The molecule has 0 amide bonds. The highest BCUT2D eigenvalue weighted by molar-refractivity contribution is 7.89. The van der Waals surface area contributed by atoms with Gasteiger partial charge in [0, 0.05) is 30.5 Å². The lowest BCUT2D eigenvalue weighted by Gasteiger charge is -2.36. The van der Waals surface area contributed by atoms with Gasteiger partial charge in [-0.15, -0.1) is 5.12 Å². The second-order valence-electron chi connectivity index (χ2n) is 8.16. The van der Waals surface area contributed by atoms with Gasteiger partial charge in [0.25, 0.3) is 0 Å². The highest BCUT2D eigenvalue weighted by Gasteiger charge is 2.24. The van der Waals surface area contributed by atoms with Crippen LogP contribution in [0.3, 0.4) is 0 Å². The summed E-state index contributed by atoms with van der Waals surface area (Å²) in [6.07, 6.45) is 6.30. The molecule has 0 unspecified atom stereocenters. The smallest absolute Gasteiger partial charge is 0.238 e. The second kappa shape index (κ2) is 9.58. The van der Waals surface area contributed by atoms with Crippen LogP contribution in [-0.2, 0) is 23.1 Å². The maximum atomic E-state index is 11.4. The van der Waals surface area contributed by atoms with Gasteiger partial charge in [0.2, 0.25) is 10.0 Å². The topological polar surface area (TPSA) is 81.9 Å². The van der Waals surface area contributed by atoms with Crippen molar-refractivity contribution in [3.05, 3.63) is 77.1 Å². The number of hydrazine groups is 2. The van der Waals surface area contributed by atoms with Gasteiger partial charge in [-0.2, -0.15) is 0 Å². The van der Waals surface area contributed by atoms with Crippen LogP contribution in [0.15, 0.2) is 65.8 Å². The van der Waals surface area contributed by atoms with Crippen molar-refractivity contribution in [2.45, 2.75) is 30.8 Å². The van der Waals surface area contributed by atoms with Crippen molar-refractivity contribution in [3.63, 3.8) is 0 Å². The molecule has 0 saturated carbocycles. The van der Waals surface area contributed by atoms with E-state index in [0.717, 1.165) is 49.6 Å². The van der Waals surface area contributed by atoms with E-state index in [2.05, 4.69) is 33.7 Å². The molecule has 1 saturated heterocycles. The number of hydrogen-bond donors (Lipinski definition) is 2. The van der Waals surface area contributed by atoms with Gasteiger partial charge < -0.3 is 5.43 Å². The summed E-state index contributed by atoms with van der Waals surface area (Å²) in [5.74, 6) is 0.623. The lowest BCUT2D eigenvalue weighted by Crippen LogP contribution is -2.45. The van der Waals surface area contributed by atoms with Gasteiger partial charge in [0.1, 0.15) is 0 Å². The number of halogens is 1. The summed E-state index contributed by atoms with van der Waals surface area (Å²) in [5.41, 5.74) is 5.56. The van der Waals surface area contributed by atoms with Crippen LogP contribution in [-0.4, -0.2) is 43.1 Å². The molecule has 4 rings (SSSR count). The van der Waals surface area contributed by atoms with Crippen molar-refractivity contribution < 1.29 is 8.42 Å². The Labute approximate surface area is 189 Å². The standard InChI is InChI=1S/C22H28ClN5O2S/c23-21-5-1-18(2-6-21)15-26-12-9-20(10-13-26)16-27-14-11-25-28(27)17-19-3-7-22(8-4-19)31(24,29)30/h1-8,11,14,20,25H,9-10,12-13,15-17H2,(H2,24,29,30). The Morgan fingerprint density at radius 1 is 0.968 bits per heavy atom. The summed E-state index contributed by atoms with van der Waals surface area (Å²) in [4.78, 5) is 2.63. The van der Waals surface area contributed by atoms with Crippen LogP contribution in [0.2, 0.25) is 5.02 Å². The summed E-state index contributed by atoms with van der Waals surface area (Å²) in [5, 5.41) is 10.2. The molecule has 0 spiro atoms. The molecule has 166 valence electrons. The fourth-order valence-electron chi connectivity index (χ4n) is 4.05. The van der Waals surface area contributed by atoms with Gasteiger partial charge in [-0.1, -0.05) is 35.9 Å². The van der Waals surface area contributed by atoms with Gasteiger partial charge in [-0.3, -0.25) is 9.91 Å². The number of piperidine rings is 1. The third-order valence-electron chi connectivity index (χ3n) is 5.84. The molecule has 2 aromatic rings. The first-order valence-electron chi connectivity index (χ1n) is 10.4. The molecular formula is C22H28ClN5O2S. The van der Waals surface area contributed by atoms with Crippen LogP contribution in [0.25, 0.3) is 0 Å². The van der Waals surface area contributed by atoms with E-state index in [-0.39, 0.29) is 4.90 Å². The quantitative estimate of drug-likeness (QED) is 0.659. The van der Waals surface area contributed by atoms with Crippen LogP contribution >= 0.6 is 11.6 Å². The summed E-state index contributed by atoms with van der Waals surface area (Å²) >= 11 is 5.98. The normalized spacial score (nSPS) is 18.5. The number of nitrogens with two attached hydrogens (primary N) is 1. The first kappa shape index (κ1) is 22.1. The lowest BCUT2D eigenvalue weighted by molar-refractivity contribution is -0.0206. The van der Waals surface area contributed by atoms with Crippen LogP contribution < -0.4 is 10.6 Å². The molecule has 2 aromatic carbocycles. The summed E-state index contributed by atoms with van der Waals surface area (Å²) in [6.45, 7) is 4.73. The molecule has 31 heavy (non-hydrogen) atoms. The van der Waals surface area contributed by atoms with Crippen LogP contribution in [0.4, 0.5) is 0 Å². The number of benzene rings is 2. The number of nitrogens with one attached hydrogen (secondary N) is 1. The van der Waals surface area contributed by atoms with Crippen LogP contribution in [0.5, 0.6) is 0 Å². The van der Waals surface area contributed by atoms with Crippen molar-refractivity contribution in [1.29, 1.82) is 0 Å². The first-order valence-corrected chi connectivity index (χ1v) is 12.3. The van der Waals surface area contributed by atoms with E-state index >= 15 is 0 Å². The Balaban J connectivity index is 1.26. The lowest BCUT2D eigenvalue weighted by atomic mass is 9.96. The molecule has 7 nitrogen and oxygen atoms in total. The molecule has 9 heteroatoms. The molecule has 2 aliphatic heterocycles. The largest absolute Gasteiger partial charge is 0.307 e. The zero-order valence-corrected chi connectivity index (χ0v) is 18.9. The summed E-state index contributed by atoms with van der Waals surface area (Å²) in [6, 6.07) is 14.8. The van der Waals surface area contributed by atoms with Crippen LogP contribution in [0.1, 0.15) is 24.0 Å². The van der Waals surface area contributed by atoms with E-state index in [1.54, 1.807) is 24.3 Å². The van der Waals surface area contributed by atoms with Crippen molar-refractivity contribution >= 4 is 21.6 Å². The Hall–Kier alpha value is -2.10. The first-order chi connectivity index (χ1) is 14.9. The van der Waals surface area contributed by atoms with Crippen molar-refractivity contribution in [2.75, 3.05) is 19.6 Å². The fraction of sp³-hybridized carbons (Fsp3) is 0.364. The molecule has 0 radical (unpaired) electrons. The Morgan fingerprint density at radius 2 is 1.58 bits per heavy atom. The number of hydrogen-bond acceptors (Lipinski definition) is 6. The average molecular weight is 462 g/mol. The van der Waals surface area contributed by atoms with Crippen molar-refractivity contribution in [3.8, 4) is 0 Å². The van der Waals surface area contributed by atoms with Crippen molar-refractivity contribution in [1.82, 2.24) is 20.5 Å². The highest BCUT2D eigenvalue weighted by atomic mass is 35.5. The molecule has 1 fully saturated rings. The highest BCUT2D eigenvalue weighted by Crippen LogP contribution is 2.23. The Bertz CT molecular complexity index is 1000. The predicted molar refractivity (Wildman–Crippen MR) is 122 cm³/mol. The molecular weight excluding hydrogens is 434 g/mol. The zero-order valence-electron chi connectivity index (χ0n) is 17.3. The Morgan fingerprint density at radius 3 is 2.23 bits per heavy atom. The predicted octanol–water partition coefficient (Wildman–Crippen LogP) is 2.91. The molecule has 3 N–H and O–H groups in total. The average Bonchev–Trinajstić information content (AvgIpc) is 3.17. The number of sulfonamides is 1. The van der Waals surface area contributed by atoms with Gasteiger partial charge in [0.15, 0.2) is 0 Å². The molecule has 0 aromatic heterocycles. The minimum Gasteiger partial charge on any atom is -0.307 e. The van der Waals surface area contributed by atoms with E-state index in [0.29, 0.717) is 12.5 Å². The summed E-state index contributed by atoms with van der Waals surface area (Å²) < 4.78 is 22.9. The number of primary sulfonamides is 1. The van der Waals surface area contributed by atoms with E-state index in [1.807, 2.05) is 23.5 Å². The number of rotatable bonds is 7. The number of nitrogens with zero attached hydrogens (tertiary/aromatic N) is 3. The SMILES string of the molecule is NS(=O)(=O)c1ccc(CN2NC=CN2CC2CCN(Cc3ccc(Cl)cc3)CC2)cc1. The van der Waals surface area contributed by atoms with Crippen LogP contribution in [0, 0.1) is 5.92 Å². The molecule has 0 aliphatic carbocycles.